The lowest BCUT2D eigenvalue weighted by atomic mass is 10.0. The number of hydrogen-bond donors (Lipinski definition) is 2. The molecule has 0 aliphatic heterocycles. The molecule has 0 saturated carbocycles. The second kappa shape index (κ2) is 8.08. The first-order chi connectivity index (χ1) is 14.5. The van der Waals surface area contributed by atoms with Gasteiger partial charge in [0.25, 0.3) is 11.8 Å². The maximum absolute atomic E-state index is 12.9. The van der Waals surface area contributed by atoms with Gasteiger partial charge in [-0.05, 0) is 26.0 Å². The third kappa shape index (κ3) is 4.00. The van der Waals surface area contributed by atoms with Crippen molar-refractivity contribution in [3.63, 3.8) is 0 Å². The molecule has 0 atom stereocenters. The summed E-state index contributed by atoms with van der Waals surface area (Å²) in [4.78, 5) is 37.9. The summed E-state index contributed by atoms with van der Waals surface area (Å²) in [5.74, 6) is -0.997. The molecule has 7 nitrogen and oxygen atoms in total. The SMILES string of the molecule is Cc1ccc(-c2cc(C(=O)NNC(=O)c3cnc(C)cn3)c3ccccc3n2)cc1. The summed E-state index contributed by atoms with van der Waals surface area (Å²) >= 11 is 0. The standard InChI is InChI=1S/C23H19N5O2/c1-14-7-9-16(10-8-14)20-11-18(17-5-3-4-6-19(17)26-20)22(29)27-28-23(30)21-13-24-15(2)12-25-21/h3-13H,1-2H3,(H,27,29)(H,28,30). The Labute approximate surface area is 173 Å². The van der Waals surface area contributed by atoms with E-state index in [9.17, 15) is 9.59 Å². The molecule has 30 heavy (non-hydrogen) atoms. The molecule has 2 aromatic carbocycles. The Hall–Kier alpha value is -4.13. The summed E-state index contributed by atoms with van der Waals surface area (Å²) in [6, 6.07) is 17.0. The van der Waals surface area contributed by atoms with Crippen LogP contribution >= 0.6 is 0 Å². The fourth-order valence-electron chi connectivity index (χ4n) is 2.99. The van der Waals surface area contributed by atoms with Gasteiger partial charge in [-0.15, -0.1) is 0 Å². The molecule has 2 N–H and O–H groups in total. The lowest BCUT2D eigenvalue weighted by molar-refractivity contribution is 0.0844. The van der Waals surface area contributed by atoms with Crippen LogP contribution in [0.25, 0.3) is 22.2 Å². The van der Waals surface area contributed by atoms with Gasteiger partial charge < -0.3 is 0 Å². The first-order valence-electron chi connectivity index (χ1n) is 9.37. The van der Waals surface area contributed by atoms with Crippen LogP contribution in [0.2, 0.25) is 0 Å². The van der Waals surface area contributed by atoms with Gasteiger partial charge in [-0.3, -0.25) is 25.4 Å². The van der Waals surface area contributed by atoms with Crippen molar-refractivity contribution in [3.8, 4) is 11.3 Å². The van der Waals surface area contributed by atoms with Crippen LogP contribution < -0.4 is 10.9 Å². The van der Waals surface area contributed by atoms with E-state index >= 15 is 0 Å². The number of pyridine rings is 1. The molecule has 4 rings (SSSR count). The quantitative estimate of drug-likeness (QED) is 0.517. The number of nitrogens with one attached hydrogen (secondary N) is 2. The molecule has 0 bridgehead atoms. The maximum atomic E-state index is 12.9. The average Bonchev–Trinajstić information content (AvgIpc) is 2.77. The Morgan fingerprint density at radius 3 is 2.30 bits per heavy atom. The number of nitrogens with zero attached hydrogens (tertiary/aromatic N) is 3. The average molecular weight is 397 g/mol. The van der Waals surface area contributed by atoms with E-state index in [0.29, 0.717) is 27.9 Å². The summed E-state index contributed by atoms with van der Waals surface area (Å²) in [7, 11) is 0. The van der Waals surface area contributed by atoms with Crippen LogP contribution in [-0.2, 0) is 0 Å². The zero-order valence-electron chi connectivity index (χ0n) is 16.5. The van der Waals surface area contributed by atoms with Gasteiger partial charge in [-0.2, -0.15) is 0 Å². The van der Waals surface area contributed by atoms with Gasteiger partial charge in [0.2, 0.25) is 0 Å². The molecule has 0 spiro atoms. The highest BCUT2D eigenvalue weighted by Crippen LogP contribution is 2.25. The van der Waals surface area contributed by atoms with Crippen molar-refractivity contribution in [3.05, 3.63) is 89.5 Å². The first-order valence-corrected chi connectivity index (χ1v) is 9.37. The van der Waals surface area contributed by atoms with Gasteiger partial charge in [0.1, 0.15) is 5.69 Å². The van der Waals surface area contributed by atoms with E-state index in [-0.39, 0.29) is 5.69 Å². The molecule has 0 aliphatic carbocycles. The van der Waals surface area contributed by atoms with E-state index < -0.39 is 11.8 Å². The minimum absolute atomic E-state index is 0.112. The summed E-state index contributed by atoms with van der Waals surface area (Å²) in [6.45, 7) is 3.79. The second-order valence-corrected chi connectivity index (χ2v) is 6.89. The topological polar surface area (TPSA) is 96.9 Å². The lowest BCUT2D eigenvalue weighted by Gasteiger charge is -2.11. The van der Waals surface area contributed by atoms with E-state index in [4.69, 9.17) is 0 Å². The highest BCUT2D eigenvalue weighted by atomic mass is 16.2. The first kappa shape index (κ1) is 19.2. The molecule has 2 aromatic heterocycles. The van der Waals surface area contributed by atoms with Crippen LogP contribution in [0.1, 0.15) is 32.1 Å². The summed E-state index contributed by atoms with van der Waals surface area (Å²) in [6.07, 6.45) is 2.84. The fraction of sp³-hybridized carbons (Fsp3) is 0.0870. The predicted octanol–water partition coefficient (Wildman–Crippen LogP) is 3.38. The van der Waals surface area contributed by atoms with Crippen LogP contribution in [0, 0.1) is 13.8 Å². The minimum Gasteiger partial charge on any atom is -0.267 e. The number of para-hydroxylation sites is 1. The van der Waals surface area contributed by atoms with Gasteiger partial charge >= 0.3 is 0 Å². The van der Waals surface area contributed by atoms with Gasteiger partial charge in [-0.1, -0.05) is 48.0 Å². The number of hydrogen-bond acceptors (Lipinski definition) is 5. The van der Waals surface area contributed by atoms with E-state index in [1.165, 1.54) is 12.4 Å². The van der Waals surface area contributed by atoms with E-state index in [2.05, 4.69) is 25.8 Å². The van der Waals surface area contributed by atoms with Gasteiger partial charge in [-0.25, -0.2) is 9.97 Å². The largest absolute Gasteiger partial charge is 0.289 e. The number of benzene rings is 2. The Morgan fingerprint density at radius 2 is 1.57 bits per heavy atom. The van der Waals surface area contributed by atoms with Gasteiger partial charge in [0.05, 0.1) is 28.7 Å². The smallest absolute Gasteiger partial charge is 0.267 e. The molecular weight excluding hydrogens is 378 g/mol. The number of aryl methyl sites for hydroxylation is 2. The zero-order valence-corrected chi connectivity index (χ0v) is 16.5. The molecular formula is C23H19N5O2. The Balaban J connectivity index is 1.63. The molecule has 0 saturated heterocycles. The van der Waals surface area contributed by atoms with Crippen LogP contribution in [0.3, 0.4) is 0 Å². The molecule has 0 fully saturated rings. The number of carbonyl (C=O) groups is 2. The highest BCUT2D eigenvalue weighted by molar-refractivity contribution is 6.08. The van der Waals surface area contributed by atoms with Crippen molar-refractivity contribution in [2.75, 3.05) is 0 Å². The number of hydrazine groups is 1. The Kier molecular flexibility index (Phi) is 5.17. The second-order valence-electron chi connectivity index (χ2n) is 6.89. The van der Waals surface area contributed by atoms with Crippen molar-refractivity contribution >= 4 is 22.7 Å². The Bertz CT molecular complexity index is 1230. The van der Waals surface area contributed by atoms with E-state index in [1.807, 2.05) is 55.5 Å². The summed E-state index contributed by atoms with van der Waals surface area (Å²) in [5.41, 5.74) is 9.47. The van der Waals surface area contributed by atoms with Crippen molar-refractivity contribution in [1.29, 1.82) is 0 Å². The number of fused-ring (bicyclic) bond motifs is 1. The predicted molar refractivity (Wildman–Crippen MR) is 114 cm³/mol. The third-order valence-corrected chi connectivity index (χ3v) is 4.61. The van der Waals surface area contributed by atoms with Gasteiger partial charge in [0, 0.05) is 17.1 Å². The monoisotopic (exact) mass is 397 g/mol. The Morgan fingerprint density at radius 1 is 0.833 bits per heavy atom. The summed E-state index contributed by atoms with van der Waals surface area (Å²) < 4.78 is 0. The van der Waals surface area contributed by atoms with Crippen LogP contribution in [0.15, 0.2) is 67.0 Å². The zero-order chi connectivity index (χ0) is 21.1. The highest BCUT2D eigenvalue weighted by Gasteiger charge is 2.15. The van der Waals surface area contributed by atoms with Crippen LogP contribution in [0.5, 0.6) is 0 Å². The normalized spacial score (nSPS) is 10.6. The van der Waals surface area contributed by atoms with E-state index in [1.54, 1.807) is 13.0 Å². The number of amides is 2. The molecule has 0 unspecified atom stereocenters. The number of rotatable bonds is 3. The molecule has 0 aliphatic rings. The summed E-state index contributed by atoms with van der Waals surface area (Å²) in [5, 5.41) is 0.690. The third-order valence-electron chi connectivity index (χ3n) is 4.61. The van der Waals surface area contributed by atoms with Crippen molar-refractivity contribution < 1.29 is 9.59 Å². The van der Waals surface area contributed by atoms with Crippen LogP contribution in [0.4, 0.5) is 0 Å². The van der Waals surface area contributed by atoms with Crippen molar-refractivity contribution in [2.45, 2.75) is 13.8 Å². The van der Waals surface area contributed by atoms with Gasteiger partial charge in [0.15, 0.2) is 0 Å². The van der Waals surface area contributed by atoms with Crippen molar-refractivity contribution in [1.82, 2.24) is 25.8 Å². The fourth-order valence-corrected chi connectivity index (χ4v) is 2.99. The van der Waals surface area contributed by atoms with E-state index in [0.717, 1.165) is 11.1 Å². The molecule has 2 heterocycles. The number of aromatic nitrogens is 3. The maximum Gasteiger partial charge on any atom is 0.289 e. The molecule has 7 heteroatoms. The molecule has 0 radical (unpaired) electrons. The molecule has 148 valence electrons. The lowest BCUT2D eigenvalue weighted by Crippen LogP contribution is -2.42. The van der Waals surface area contributed by atoms with Crippen LogP contribution in [-0.4, -0.2) is 26.8 Å². The van der Waals surface area contributed by atoms with Crippen molar-refractivity contribution in [2.24, 2.45) is 0 Å². The molecule has 2 amide bonds. The number of carbonyl (C=O) groups excluding carboxylic acids is 2. The molecule has 4 aromatic rings. The minimum atomic E-state index is -0.548.